The smallest absolute Gasteiger partial charge is 0.376 e. The Labute approximate surface area is 161 Å². The Bertz CT molecular complexity index is 1600. The van der Waals surface area contributed by atoms with E-state index in [9.17, 15) is 26.4 Å². The quantitative estimate of drug-likeness (QED) is 0.242. The molecule has 2 heterocycles. The van der Waals surface area contributed by atoms with Crippen LogP contribution in [0.4, 0.5) is 13.2 Å². The first-order valence-electron chi connectivity index (χ1n) is 8.41. The number of rotatable bonds is 2. The Morgan fingerprint density at radius 1 is 0.793 bits per heavy atom. The lowest BCUT2D eigenvalue weighted by Crippen LogP contribution is -2.28. The minimum Gasteiger partial charge on any atom is -0.376 e. The summed E-state index contributed by atoms with van der Waals surface area (Å²) in [5, 5.41) is 3.01. The largest absolute Gasteiger partial charge is 0.534 e. The van der Waals surface area contributed by atoms with Gasteiger partial charge in [-0.05, 0) is 29.7 Å². The topological polar surface area (TPSA) is 64.9 Å². The van der Waals surface area contributed by atoms with Crippen molar-refractivity contribution in [1.29, 1.82) is 0 Å². The highest BCUT2D eigenvalue weighted by Gasteiger charge is 2.48. The van der Waals surface area contributed by atoms with Gasteiger partial charge >= 0.3 is 15.6 Å². The number of aromatic nitrogens is 1. The fraction of sp³-hybridized carbons (Fsp3) is 0.0500. The fourth-order valence-corrected chi connectivity index (χ4v) is 4.18. The summed E-state index contributed by atoms with van der Waals surface area (Å²) in [5.74, 6) is -0.582. The summed E-state index contributed by atoms with van der Waals surface area (Å²) in [6.45, 7) is 0. The van der Waals surface area contributed by atoms with Crippen molar-refractivity contribution in [2.75, 3.05) is 0 Å². The predicted molar refractivity (Wildman–Crippen MR) is 103 cm³/mol. The Balaban J connectivity index is 1.88. The number of hydrogen-bond donors (Lipinski definition) is 0. The molecule has 2 aromatic heterocycles. The van der Waals surface area contributed by atoms with E-state index in [2.05, 4.69) is 4.18 Å². The van der Waals surface area contributed by atoms with Crippen LogP contribution in [0.25, 0.3) is 38.0 Å². The lowest BCUT2D eigenvalue weighted by Gasteiger charge is -2.11. The molecule has 5 nitrogen and oxygen atoms in total. The molecule has 29 heavy (non-hydrogen) atoms. The lowest BCUT2D eigenvalue weighted by atomic mass is 10.0. The number of benzene rings is 3. The second-order valence-electron chi connectivity index (χ2n) is 6.55. The van der Waals surface area contributed by atoms with Gasteiger partial charge in [-0.25, -0.2) is 0 Å². The number of fused-ring (bicyclic) bond motifs is 5. The maximum absolute atomic E-state index is 13.2. The zero-order valence-electron chi connectivity index (χ0n) is 14.4. The van der Waals surface area contributed by atoms with Crippen molar-refractivity contribution in [3.63, 3.8) is 0 Å². The van der Waals surface area contributed by atoms with Gasteiger partial charge in [0.25, 0.3) is 5.56 Å². The van der Waals surface area contributed by atoms with Crippen LogP contribution in [-0.2, 0) is 10.1 Å². The first-order valence-corrected chi connectivity index (χ1v) is 9.82. The molecular weight excluding hydrogens is 407 g/mol. The van der Waals surface area contributed by atoms with E-state index in [1.807, 2.05) is 24.3 Å². The molecule has 5 aromatic rings. The van der Waals surface area contributed by atoms with Crippen molar-refractivity contribution in [3.8, 4) is 5.75 Å². The number of halogens is 3. The second kappa shape index (κ2) is 5.60. The van der Waals surface area contributed by atoms with Gasteiger partial charge in [-0.15, -0.1) is 0 Å². The second-order valence-corrected chi connectivity index (χ2v) is 8.09. The third-order valence-electron chi connectivity index (χ3n) is 4.90. The van der Waals surface area contributed by atoms with Crippen LogP contribution < -0.4 is 9.74 Å². The molecule has 0 saturated carbocycles. The van der Waals surface area contributed by atoms with E-state index in [0.717, 1.165) is 28.3 Å². The third-order valence-corrected chi connectivity index (χ3v) is 5.88. The molecule has 0 amide bonds. The number of hydrogen-bond acceptors (Lipinski definition) is 4. The zero-order valence-corrected chi connectivity index (χ0v) is 15.2. The summed E-state index contributed by atoms with van der Waals surface area (Å²) in [5.41, 5.74) is -4.69. The molecular formula is C20H10F3NO4S. The molecule has 0 N–H and O–H groups in total. The zero-order chi connectivity index (χ0) is 20.6. The van der Waals surface area contributed by atoms with Gasteiger partial charge in [0.05, 0.1) is 16.4 Å². The monoisotopic (exact) mass is 417 g/mol. The van der Waals surface area contributed by atoms with Crippen molar-refractivity contribution >= 4 is 48.1 Å². The molecule has 0 aliphatic carbocycles. The van der Waals surface area contributed by atoms with Crippen LogP contribution in [-0.4, -0.2) is 18.3 Å². The highest BCUT2D eigenvalue weighted by molar-refractivity contribution is 7.88. The first kappa shape index (κ1) is 17.7. The SMILES string of the molecule is O=c1c2cc(OS(=O)(=O)C(F)(F)F)ccc2c2cccc3c4ccccc4n1c23. The number of nitrogens with zero attached hydrogens (tertiary/aromatic N) is 1. The maximum Gasteiger partial charge on any atom is 0.534 e. The molecule has 0 spiro atoms. The van der Waals surface area contributed by atoms with Crippen molar-refractivity contribution in [3.05, 3.63) is 71.0 Å². The average molecular weight is 417 g/mol. The molecule has 5 rings (SSSR count). The molecule has 0 aliphatic heterocycles. The van der Waals surface area contributed by atoms with E-state index in [0.29, 0.717) is 16.4 Å². The highest BCUT2D eigenvalue weighted by atomic mass is 32.2. The van der Waals surface area contributed by atoms with Crippen molar-refractivity contribution in [1.82, 2.24) is 4.40 Å². The van der Waals surface area contributed by atoms with Crippen LogP contribution in [0.15, 0.2) is 65.5 Å². The van der Waals surface area contributed by atoms with E-state index in [1.54, 1.807) is 18.2 Å². The lowest BCUT2D eigenvalue weighted by molar-refractivity contribution is -0.0500. The van der Waals surface area contributed by atoms with Gasteiger partial charge in [-0.2, -0.15) is 21.6 Å². The molecule has 146 valence electrons. The predicted octanol–water partition coefficient (Wildman–Crippen LogP) is 4.43. The van der Waals surface area contributed by atoms with Crippen molar-refractivity contribution < 1.29 is 25.8 Å². The van der Waals surface area contributed by atoms with Gasteiger partial charge in [-0.3, -0.25) is 9.20 Å². The molecule has 0 radical (unpaired) electrons. The normalized spacial score (nSPS) is 13.1. The van der Waals surface area contributed by atoms with Crippen LogP contribution in [0.5, 0.6) is 5.75 Å². The average Bonchev–Trinajstić information content (AvgIpc) is 3.01. The van der Waals surface area contributed by atoms with E-state index < -0.39 is 26.9 Å². The number of alkyl halides is 3. The Hall–Kier alpha value is -3.33. The van der Waals surface area contributed by atoms with Crippen LogP contribution >= 0.6 is 0 Å². The van der Waals surface area contributed by atoms with Gasteiger partial charge < -0.3 is 4.18 Å². The summed E-state index contributed by atoms with van der Waals surface area (Å²) in [6.07, 6.45) is 0. The molecule has 0 aliphatic rings. The van der Waals surface area contributed by atoms with Crippen LogP contribution in [0.2, 0.25) is 0 Å². The summed E-state index contributed by atoms with van der Waals surface area (Å²) < 4.78 is 66.2. The Morgan fingerprint density at radius 3 is 2.17 bits per heavy atom. The van der Waals surface area contributed by atoms with Crippen molar-refractivity contribution in [2.45, 2.75) is 5.51 Å². The van der Waals surface area contributed by atoms with Crippen molar-refractivity contribution in [2.24, 2.45) is 0 Å². The molecule has 3 aromatic carbocycles. The molecule has 0 bridgehead atoms. The fourth-order valence-electron chi connectivity index (χ4n) is 3.73. The van der Waals surface area contributed by atoms with Crippen LogP contribution in [0.3, 0.4) is 0 Å². The summed E-state index contributed by atoms with van der Waals surface area (Å²) >= 11 is 0. The Morgan fingerprint density at radius 2 is 1.45 bits per heavy atom. The standard InChI is InChI=1S/C20H10F3NO4S/c21-20(22,23)29(26,27)28-11-8-9-12-14-5-3-6-15-13-4-1-2-7-17(13)24(18(14)15)19(25)16(12)10-11/h1-10H. The van der Waals surface area contributed by atoms with Gasteiger partial charge in [0, 0.05) is 16.2 Å². The van der Waals surface area contributed by atoms with Gasteiger partial charge in [-0.1, -0.05) is 36.4 Å². The third kappa shape index (κ3) is 2.40. The minimum atomic E-state index is -5.84. The molecule has 0 unspecified atom stereocenters. The van der Waals surface area contributed by atoms with Gasteiger partial charge in [0.2, 0.25) is 0 Å². The molecule has 9 heteroatoms. The van der Waals surface area contributed by atoms with Crippen LogP contribution in [0.1, 0.15) is 0 Å². The maximum atomic E-state index is 13.2. The van der Waals surface area contributed by atoms with Gasteiger partial charge in [0.1, 0.15) is 5.75 Å². The first-order chi connectivity index (χ1) is 13.7. The molecule has 0 saturated heterocycles. The number of pyridine rings is 1. The Kier molecular flexibility index (Phi) is 3.43. The minimum absolute atomic E-state index is 0.0567. The van der Waals surface area contributed by atoms with E-state index in [-0.39, 0.29) is 5.39 Å². The van der Waals surface area contributed by atoms with E-state index >= 15 is 0 Å². The summed E-state index contributed by atoms with van der Waals surface area (Å²) in [7, 11) is -5.84. The summed E-state index contributed by atoms with van der Waals surface area (Å²) in [4.78, 5) is 13.2. The summed E-state index contributed by atoms with van der Waals surface area (Å²) in [6, 6.07) is 16.3. The highest BCUT2D eigenvalue weighted by Crippen LogP contribution is 2.35. The van der Waals surface area contributed by atoms with Gasteiger partial charge in [0.15, 0.2) is 0 Å². The van der Waals surface area contributed by atoms with Crippen LogP contribution in [0, 0.1) is 0 Å². The number of para-hydroxylation sites is 2. The van der Waals surface area contributed by atoms with E-state index in [4.69, 9.17) is 0 Å². The molecule has 0 atom stereocenters. The van der Waals surface area contributed by atoms with E-state index in [1.165, 1.54) is 10.5 Å². The molecule has 0 fully saturated rings.